The first-order valence-corrected chi connectivity index (χ1v) is 13.0. The summed E-state index contributed by atoms with van der Waals surface area (Å²) in [5.41, 5.74) is 2.17. The molecule has 38 heavy (non-hydrogen) atoms. The number of aryl methyl sites for hydroxylation is 2. The third kappa shape index (κ3) is 6.92. The van der Waals surface area contributed by atoms with Crippen molar-refractivity contribution in [2.24, 2.45) is 0 Å². The molecular formula is C28H31ClN4O5. The fraction of sp³-hybridized carbons (Fsp3) is 0.357. The van der Waals surface area contributed by atoms with E-state index >= 15 is 0 Å². The van der Waals surface area contributed by atoms with Gasteiger partial charge >= 0.3 is 0 Å². The Morgan fingerprint density at radius 1 is 1.13 bits per heavy atom. The normalized spacial score (nSPS) is 17.3. The molecule has 1 aliphatic heterocycles. The third-order valence-electron chi connectivity index (χ3n) is 6.33. The number of benzene rings is 2. The molecule has 1 aromatic heterocycles. The minimum Gasteiger partial charge on any atom is -0.491 e. The molecule has 0 saturated heterocycles. The van der Waals surface area contributed by atoms with Crippen molar-refractivity contribution >= 4 is 29.3 Å². The molecule has 0 unspecified atom stereocenters. The highest BCUT2D eigenvalue weighted by Crippen LogP contribution is 2.24. The lowest BCUT2D eigenvalue weighted by atomic mass is 10.1. The summed E-state index contributed by atoms with van der Waals surface area (Å²) < 4.78 is 11.2. The van der Waals surface area contributed by atoms with Gasteiger partial charge in [0.15, 0.2) is 0 Å². The maximum atomic E-state index is 13.4. The van der Waals surface area contributed by atoms with Gasteiger partial charge in [-0.15, -0.1) is 0 Å². The minimum absolute atomic E-state index is 0.111. The highest BCUT2D eigenvalue weighted by atomic mass is 35.5. The molecule has 0 bridgehead atoms. The lowest BCUT2D eigenvalue weighted by molar-refractivity contribution is -0.122. The number of hydrogen-bond donors (Lipinski definition) is 2. The van der Waals surface area contributed by atoms with Crippen LogP contribution in [0.5, 0.6) is 5.75 Å². The summed E-state index contributed by atoms with van der Waals surface area (Å²) in [5.74, 6) is -0.144. The Balaban J connectivity index is 1.60. The first kappa shape index (κ1) is 27.2. The molecule has 4 rings (SSSR count). The fourth-order valence-corrected chi connectivity index (χ4v) is 4.59. The number of carbonyl (C=O) groups excluding carboxylic acids is 3. The molecule has 2 aromatic carbocycles. The van der Waals surface area contributed by atoms with Crippen molar-refractivity contribution in [1.29, 1.82) is 0 Å². The van der Waals surface area contributed by atoms with E-state index in [1.807, 2.05) is 30.3 Å². The number of ether oxygens (including phenoxy) is 1. The first-order chi connectivity index (χ1) is 18.3. The zero-order chi connectivity index (χ0) is 27.1. The number of hydrogen-bond acceptors (Lipinski definition) is 6. The number of rotatable bonds is 3. The molecule has 3 amide bonds. The molecule has 2 heterocycles. The second-order valence-electron chi connectivity index (χ2n) is 9.29. The summed E-state index contributed by atoms with van der Waals surface area (Å²) in [4.78, 5) is 41.0. The first-order valence-electron chi connectivity index (χ1n) is 12.6. The minimum atomic E-state index is -0.419. The van der Waals surface area contributed by atoms with E-state index in [1.165, 1.54) is 4.90 Å². The summed E-state index contributed by atoms with van der Waals surface area (Å²) in [6.07, 6.45) is 1.68. The molecule has 3 aromatic rings. The summed E-state index contributed by atoms with van der Waals surface area (Å²) in [6.45, 7) is 4.07. The number of nitrogens with one attached hydrogen (secondary N) is 2. The van der Waals surface area contributed by atoms with E-state index in [1.54, 1.807) is 32.0 Å². The van der Waals surface area contributed by atoms with Crippen LogP contribution in [0.15, 0.2) is 53.1 Å². The lowest BCUT2D eigenvalue weighted by Gasteiger charge is -2.25. The molecule has 2 N–H and O–H groups in total. The van der Waals surface area contributed by atoms with Crippen LogP contribution in [-0.2, 0) is 11.2 Å². The van der Waals surface area contributed by atoms with Gasteiger partial charge in [0, 0.05) is 18.1 Å². The molecule has 0 saturated carbocycles. The van der Waals surface area contributed by atoms with Gasteiger partial charge in [0.1, 0.15) is 23.7 Å². The Kier molecular flexibility index (Phi) is 9.02. The zero-order valence-electron chi connectivity index (χ0n) is 21.5. The van der Waals surface area contributed by atoms with Crippen LogP contribution in [0.25, 0.3) is 0 Å². The van der Waals surface area contributed by atoms with Crippen molar-refractivity contribution in [1.82, 2.24) is 20.7 Å². The molecule has 0 aliphatic carbocycles. The van der Waals surface area contributed by atoms with Crippen molar-refractivity contribution in [3.63, 3.8) is 0 Å². The fourth-order valence-electron chi connectivity index (χ4n) is 4.42. The second kappa shape index (κ2) is 12.6. The molecule has 0 radical (unpaired) electrons. The average Bonchev–Trinajstić information content (AvgIpc) is 3.23. The number of amides is 3. The van der Waals surface area contributed by atoms with Gasteiger partial charge in [0.25, 0.3) is 11.8 Å². The molecule has 1 aliphatic rings. The Labute approximate surface area is 226 Å². The van der Waals surface area contributed by atoms with Crippen molar-refractivity contribution in [2.45, 2.75) is 39.2 Å². The summed E-state index contributed by atoms with van der Waals surface area (Å²) in [5, 5.41) is 10.2. The topological polar surface area (TPSA) is 114 Å². The predicted molar refractivity (Wildman–Crippen MR) is 142 cm³/mol. The SMILES string of the molecule is Cc1noc(C)c1C(=O)N1CCCCNC(=O)c2cc(Cl)ccc2OC[C@H](Cc2ccccc2)NC(=O)C1. The number of fused-ring (bicyclic) bond motifs is 1. The van der Waals surface area contributed by atoms with Gasteiger partial charge in [-0.25, -0.2) is 0 Å². The molecule has 10 heteroatoms. The van der Waals surface area contributed by atoms with Crippen molar-refractivity contribution in [3.05, 3.63) is 81.7 Å². The monoisotopic (exact) mass is 538 g/mol. The van der Waals surface area contributed by atoms with Crippen molar-refractivity contribution in [3.8, 4) is 5.75 Å². The van der Waals surface area contributed by atoms with Crippen LogP contribution in [0.2, 0.25) is 5.02 Å². The van der Waals surface area contributed by atoms with Gasteiger partial charge in [0.05, 0.1) is 23.8 Å². The zero-order valence-corrected chi connectivity index (χ0v) is 22.2. The largest absolute Gasteiger partial charge is 0.491 e. The Morgan fingerprint density at radius 3 is 2.66 bits per heavy atom. The van der Waals surface area contributed by atoms with Crippen LogP contribution in [0.4, 0.5) is 0 Å². The van der Waals surface area contributed by atoms with Crippen molar-refractivity contribution in [2.75, 3.05) is 26.2 Å². The standard InChI is InChI=1S/C28H31ClN4O5/c1-18-26(19(2)38-32-18)28(36)33-13-7-6-12-30-27(35)23-15-21(29)10-11-24(23)37-17-22(31-25(34)16-33)14-20-8-4-3-5-9-20/h3-5,8-11,15,22H,6-7,12-14,16-17H2,1-2H3,(H,30,35)(H,31,34)/t22-/m0/s1. The van der Waals surface area contributed by atoms with E-state index in [9.17, 15) is 14.4 Å². The van der Waals surface area contributed by atoms with Crippen molar-refractivity contribution < 1.29 is 23.6 Å². The van der Waals surface area contributed by atoms with Gasteiger partial charge in [-0.05, 0) is 56.9 Å². The third-order valence-corrected chi connectivity index (χ3v) is 6.56. The number of nitrogens with zero attached hydrogens (tertiary/aromatic N) is 2. The summed E-state index contributed by atoms with van der Waals surface area (Å²) in [7, 11) is 0. The maximum Gasteiger partial charge on any atom is 0.259 e. The molecule has 200 valence electrons. The second-order valence-corrected chi connectivity index (χ2v) is 9.73. The van der Waals surface area contributed by atoms with Crippen LogP contribution in [0, 0.1) is 13.8 Å². The van der Waals surface area contributed by atoms with Gasteiger partial charge in [-0.2, -0.15) is 0 Å². The Bertz CT molecular complexity index is 1270. The number of aromatic nitrogens is 1. The molecule has 9 nitrogen and oxygen atoms in total. The molecule has 1 atom stereocenters. The van der Waals surface area contributed by atoms with Crippen LogP contribution < -0.4 is 15.4 Å². The van der Waals surface area contributed by atoms with Gasteiger partial charge in [-0.3, -0.25) is 14.4 Å². The Morgan fingerprint density at radius 2 is 1.92 bits per heavy atom. The highest BCUT2D eigenvalue weighted by Gasteiger charge is 2.26. The number of carbonyl (C=O) groups is 3. The van der Waals surface area contributed by atoms with E-state index in [0.717, 1.165) is 5.56 Å². The quantitative estimate of drug-likeness (QED) is 0.525. The molecular weight excluding hydrogens is 508 g/mol. The van der Waals surface area contributed by atoms with E-state index in [4.69, 9.17) is 20.9 Å². The van der Waals surface area contributed by atoms with E-state index < -0.39 is 6.04 Å². The summed E-state index contributed by atoms with van der Waals surface area (Å²) in [6, 6.07) is 14.2. The van der Waals surface area contributed by atoms with E-state index in [-0.39, 0.29) is 30.9 Å². The average molecular weight is 539 g/mol. The van der Waals surface area contributed by atoms with Crippen LogP contribution >= 0.6 is 11.6 Å². The predicted octanol–water partition coefficient (Wildman–Crippen LogP) is 3.72. The molecule has 0 spiro atoms. The van der Waals surface area contributed by atoms with Gasteiger partial charge in [-0.1, -0.05) is 47.1 Å². The smallest absolute Gasteiger partial charge is 0.259 e. The maximum absolute atomic E-state index is 13.4. The lowest BCUT2D eigenvalue weighted by Crippen LogP contribution is -2.47. The van der Waals surface area contributed by atoms with E-state index in [2.05, 4.69) is 15.8 Å². The van der Waals surface area contributed by atoms with Crippen LogP contribution in [-0.4, -0.2) is 60.1 Å². The Hall–Kier alpha value is -3.85. The van der Waals surface area contributed by atoms with E-state index in [0.29, 0.717) is 65.7 Å². The summed E-state index contributed by atoms with van der Waals surface area (Å²) >= 11 is 6.16. The van der Waals surface area contributed by atoms with Crippen LogP contribution in [0.1, 0.15) is 50.6 Å². The number of halogens is 1. The van der Waals surface area contributed by atoms with Crippen LogP contribution in [0.3, 0.4) is 0 Å². The molecule has 0 fully saturated rings. The highest BCUT2D eigenvalue weighted by molar-refractivity contribution is 6.31. The van der Waals surface area contributed by atoms with Gasteiger partial charge < -0.3 is 24.8 Å². The van der Waals surface area contributed by atoms with Gasteiger partial charge in [0.2, 0.25) is 5.91 Å².